The van der Waals surface area contributed by atoms with Gasteiger partial charge in [-0.15, -0.1) is 0 Å². The summed E-state index contributed by atoms with van der Waals surface area (Å²) in [5.41, 5.74) is 0.570. The average molecular weight is 446 g/mol. The topological polar surface area (TPSA) is 51.0 Å². The van der Waals surface area contributed by atoms with Crippen molar-refractivity contribution in [1.82, 2.24) is 0 Å². The molecule has 4 nitrogen and oxygen atoms in total. The molecule has 0 fully saturated rings. The summed E-state index contributed by atoms with van der Waals surface area (Å²) >= 11 is 0. The Hall–Kier alpha value is 1.60. The number of nitrogens with zero attached hydrogens (tertiary/aromatic N) is 1. The third kappa shape index (κ3) is 7.13. The first-order valence-corrected chi connectivity index (χ1v) is 3.55. The van der Waals surface area contributed by atoms with Crippen LogP contribution < -0.4 is 9.47 Å². The molecule has 79 valence electrons. The van der Waals surface area contributed by atoms with Gasteiger partial charge in [-0.3, -0.25) is 6.07 Å². The van der Waals surface area contributed by atoms with Gasteiger partial charge in [-0.2, -0.15) is 5.16 Å². The molecule has 1 rings (SSSR count). The molecule has 0 saturated heterocycles. The van der Waals surface area contributed by atoms with Crippen LogP contribution in [0.2, 0.25) is 0 Å². The van der Waals surface area contributed by atoms with Crippen LogP contribution in [-0.2, 0) is 98.1 Å². The summed E-state index contributed by atoms with van der Waals surface area (Å²) in [6, 6.07) is 7.22. The van der Waals surface area contributed by atoms with Crippen molar-refractivity contribution in [3.05, 3.63) is 23.8 Å². The van der Waals surface area contributed by atoms with Gasteiger partial charge in [0, 0.05) is 98.1 Å². The molecule has 16 heavy (non-hydrogen) atoms. The summed E-state index contributed by atoms with van der Waals surface area (Å²) < 4.78 is 9.92. The number of rotatable bonds is 3. The van der Waals surface area contributed by atoms with Crippen LogP contribution in [-0.4, -0.2) is 25.6 Å². The fraction of sp³-hybridized carbons (Fsp3) is 0.222. The molecule has 0 spiro atoms. The Morgan fingerprint density at radius 2 is 1.75 bits per heavy atom. The maximum Gasteiger partial charge on any atom is 0.0618 e. The molecule has 0 unspecified atom stereocenters. The van der Waals surface area contributed by atoms with Gasteiger partial charge in [-0.1, -0.05) is 6.21 Å². The molecule has 0 aliphatic rings. The van der Waals surface area contributed by atoms with Gasteiger partial charge in [0.25, 0.3) is 0 Å². The van der Waals surface area contributed by atoms with Crippen LogP contribution in [0.3, 0.4) is 0 Å². The van der Waals surface area contributed by atoms with Crippen molar-refractivity contribution in [1.29, 1.82) is 0 Å². The van der Waals surface area contributed by atoms with Crippen LogP contribution in [0, 0.1) is 12.1 Å². The normalized spacial score (nSPS) is 8.38. The summed E-state index contributed by atoms with van der Waals surface area (Å²) in [6.07, 6.45) is 1.23. The van der Waals surface area contributed by atoms with Gasteiger partial charge in [-0.25, -0.2) is 17.7 Å². The van der Waals surface area contributed by atoms with Crippen molar-refractivity contribution in [2.45, 2.75) is 0 Å². The van der Waals surface area contributed by atoms with Crippen molar-refractivity contribution in [3.63, 3.8) is 0 Å². The van der Waals surface area contributed by atoms with Gasteiger partial charge in [0.15, 0.2) is 0 Å². The molecule has 1 aromatic carbocycles. The van der Waals surface area contributed by atoms with E-state index in [4.69, 9.17) is 14.7 Å². The van der Waals surface area contributed by atoms with E-state index in [0.29, 0.717) is 17.1 Å². The Labute approximate surface area is 171 Å². The first-order chi connectivity index (χ1) is 6.31. The smallest absolute Gasteiger partial charge is 0.0618 e. The predicted molar refractivity (Wildman–Crippen MR) is 46.6 cm³/mol. The Bertz CT molecular complexity index is 321. The van der Waals surface area contributed by atoms with Gasteiger partial charge >= 0.3 is 0 Å². The zero-order valence-corrected chi connectivity index (χ0v) is 17.6. The molecule has 0 aliphatic carbocycles. The monoisotopic (exact) mass is 446 g/mol. The van der Waals surface area contributed by atoms with Gasteiger partial charge < -0.3 is 14.7 Å². The van der Waals surface area contributed by atoms with Crippen LogP contribution >= 0.6 is 0 Å². The fourth-order valence-electron chi connectivity index (χ4n) is 0.860. The molecular formula is C9H9NO3Y3-2. The fourth-order valence-corrected chi connectivity index (χ4v) is 0.860. The SMILES string of the molecule is COc1[c-]cc(/C=N/O)[c-]c1OC.[Y].[Y].[Y]. The zero-order chi connectivity index (χ0) is 9.68. The van der Waals surface area contributed by atoms with Crippen LogP contribution in [0.15, 0.2) is 11.2 Å². The molecule has 0 amide bonds. The molecule has 0 aromatic heterocycles. The quantitative estimate of drug-likeness (QED) is 0.328. The van der Waals surface area contributed by atoms with Crippen molar-refractivity contribution >= 4 is 6.21 Å². The van der Waals surface area contributed by atoms with Crippen molar-refractivity contribution in [2.75, 3.05) is 14.2 Å². The minimum atomic E-state index is 0. The standard InChI is InChI=1S/C9H9NO3.3Y/c1-12-8-4-3-7(6-10-11)5-9(8)13-2;;;/h3,6,11H,1-2H3;;;/q-2;;;/b10-6+;;;. The van der Waals surface area contributed by atoms with E-state index in [1.807, 2.05) is 0 Å². The Morgan fingerprint density at radius 3 is 2.19 bits per heavy atom. The van der Waals surface area contributed by atoms with Crippen molar-refractivity contribution in [2.24, 2.45) is 5.16 Å². The van der Waals surface area contributed by atoms with E-state index < -0.39 is 0 Å². The second kappa shape index (κ2) is 13.0. The Kier molecular flexibility index (Phi) is 18.5. The number of benzene rings is 1. The Balaban J connectivity index is -0.000000563. The molecule has 0 aliphatic heterocycles. The second-order valence-electron chi connectivity index (χ2n) is 2.18. The molecule has 7 heteroatoms. The summed E-state index contributed by atoms with van der Waals surface area (Å²) in [6.45, 7) is 0. The first-order valence-electron chi connectivity index (χ1n) is 3.55. The minimum Gasteiger partial charge on any atom is -0.570 e. The summed E-state index contributed by atoms with van der Waals surface area (Å²) in [7, 11) is 3.02. The number of methoxy groups -OCH3 is 2. The number of hydrogen-bond acceptors (Lipinski definition) is 4. The van der Waals surface area contributed by atoms with Crippen LogP contribution in [0.5, 0.6) is 11.5 Å². The van der Waals surface area contributed by atoms with Crippen molar-refractivity contribution in [3.8, 4) is 11.5 Å². The predicted octanol–water partition coefficient (Wildman–Crippen LogP) is 1.10. The first kappa shape index (κ1) is 22.8. The van der Waals surface area contributed by atoms with E-state index in [2.05, 4.69) is 17.3 Å². The van der Waals surface area contributed by atoms with E-state index in [-0.39, 0.29) is 98.1 Å². The van der Waals surface area contributed by atoms with Gasteiger partial charge in [0.05, 0.1) is 14.2 Å². The third-order valence-corrected chi connectivity index (χ3v) is 1.43. The molecule has 0 saturated carbocycles. The van der Waals surface area contributed by atoms with Gasteiger partial charge in [-0.05, 0) is 11.5 Å². The van der Waals surface area contributed by atoms with E-state index in [9.17, 15) is 0 Å². The maximum absolute atomic E-state index is 8.27. The largest absolute Gasteiger partial charge is 0.570 e. The number of ether oxygens (including phenoxy) is 2. The van der Waals surface area contributed by atoms with E-state index in [0.717, 1.165) is 0 Å². The molecule has 1 aromatic rings. The van der Waals surface area contributed by atoms with E-state index in [1.54, 1.807) is 6.07 Å². The van der Waals surface area contributed by atoms with Crippen LogP contribution in [0.1, 0.15) is 5.56 Å². The van der Waals surface area contributed by atoms with Gasteiger partial charge in [0.2, 0.25) is 0 Å². The van der Waals surface area contributed by atoms with Gasteiger partial charge in [0.1, 0.15) is 0 Å². The molecule has 0 heterocycles. The van der Waals surface area contributed by atoms with Crippen LogP contribution in [0.25, 0.3) is 0 Å². The average Bonchev–Trinajstić information content (AvgIpc) is 2.18. The third-order valence-electron chi connectivity index (χ3n) is 1.43. The Morgan fingerprint density at radius 1 is 1.19 bits per heavy atom. The maximum atomic E-state index is 8.27. The summed E-state index contributed by atoms with van der Waals surface area (Å²) in [5.74, 6) is 0.900. The van der Waals surface area contributed by atoms with Crippen molar-refractivity contribution < 1.29 is 113 Å². The summed E-state index contributed by atoms with van der Waals surface area (Å²) in [4.78, 5) is 0. The van der Waals surface area contributed by atoms with E-state index >= 15 is 0 Å². The zero-order valence-electron chi connectivity index (χ0n) is 9.10. The molecular weight excluding hydrogens is 437 g/mol. The number of hydrogen-bond donors (Lipinski definition) is 1. The minimum absolute atomic E-state index is 0. The molecule has 3 radical (unpaired) electrons. The molecule has 0 atom stereocenters. The van der Waals surface area contributed by atoms with Crippen LogP contribution in [0.4, 0.5) is 0 Å². The van der Waals surface area contributed by atoms with E-state index in [1.165, 1.54) is 20.4 Å². The number of oxime groups is 1. The summed E-state index contributed by atoms with van der Waals surface area (Å²) in [5, 5.41) is 11.1. The molecule has 0 bridgehead atoms. The molecule has 1 N–H and O–H groups in total. The second-order valence-corrected chi connectivity index (χ2v) is 2.18.